The molecule has 4 aliphatic carbocycles. The molecule has 6 aliphatic rings. The van der Waals surface area contributed by atoms with E-state index in [9.17, 15) is 5.11 Å². The molecule has 8 atom stereocenters. The first-order valence-corrected chi connectivity index (χ1v) is 16.7. The lowest BCUT2D eigenvalue weighted by Crippen LogP contribution is -2.54. The number of fused-ring (bicyclic) bond motifs is 11. The van der Waals surface area contributed by atoms with Crippen molar-refractivity contribution in [2.75, 3.05) is 20.8 Å². The highest BCUT2D eigenvalue weighted by Crippen LogP contribution is 2.67. The predicted molar refractivity (Wildman–Crippen MR) is 174 cm³/mol. The summed E-state index contributed by atoms with van der Waals surface area (Å²) >= 11 is 0. The summed E-state index contributed by atoms with van der Waals surface area (Å²) in [5.41, 5.74) is 4.24. The highest BCUT2D eigenvalue weighted by Gasteiger charge is 2.63. The third-order valence-corrected chi connectivity index (χ3v) is 12.9. The molecule has 0 radical (unpaired) electrons. The van der Waals surface area contributed by atoms with Crippen molar-refractivity contribution < 1.29 is 28.6 Å². The smallest absolute Gasteiger partial charge is 0.162 e. The zero-order chi connectivity index (χ0) is 31.8. The second-order valence-electron chi connectivity index (χ2n) is 14.7. The van der Waals surface area contributed by atoms with Crippen molar-refractivity contribution in [1.82, 2.24) is 5.16 Å². The average Bonchev–Trinajstić information content (AvgIpc) is 3.76. The zero-order valence-corrected chi connectivity index (χ0v) is 27.2. The maximum Gasteiger partial charge on any atom is 0.162 e. The molecule has 0 amide bonds. The molecule has 3 fully saturated rings. The molecule has 8 unspecified atom stereocenters. The minimum Gasteiger partial charge on any atom is -0.497 e. The minimum absolute atomic E-state index is 0.00163. The summed E-state index contributed by atoms with van der Waals surface area (Å²) in [7, 11) is 3.32. The van der Waals surface area contributed by atoms with E-state index < -0.39 is 5.60 Å². The number of hydrogen-bond donors (Lipinski definition) is 1. The van der Waals surface area contributed by atoms with Crippen LogP contribution in [0.1, 0.15) is 86.8 Å². The Morgan fingerprint density at radius 1 is 0.957 bits per heavy atom. The molecule has 9 rings (SSSR count). The predicted octanol–water partition coefficient (Wildman–Crippen LogP) is 7.53. The van der Waals surface area contributed by atoms with Crippen molar-refractivity contribution in [3.8, 4) is 35.3 Å². The average molecular weight is 622 g/mol. The molecular weight excluding hydrogens is 578 g/mol. The Bertz CT molecular complexity index is 1750. The van der Waals surface area contributed by atoms with Crippen LogP contribution in [0, 0.1) is 40.9 Å². The first kappa shape index (κ1) is 29.5. The second-order valence-corrected chi connectivity index (χ2v) is 14.7. The Morgan fingerprint density at radius 3 is 2.46 bits per heavy atom. The van der Waals surface area contributed by atoms with E-state index in [1.54, 1.807) is 19.8 Å². The van der Waals surface area contributed by atoms with Gasteiger partial charge >= 0.3 is 0 Å². The number of nitrogens with zero attached hydrogens (tertiary/aromatic N) is 1. The number of aliphatic hydroxyl groups is 1. The molecular formula is C39H43NO6. The summed E-state index contributed by atoms with van der Waals surface area (Å²) in [4.78, 5) is 0. The molecule has 1 N–H and O–H groups in total. The van der Waals surface area contributed by atoms with E-state index in [4.69, 9.17) is 29.9 Å². The topological polar surface area (TPSA) is 83.2 Å². The fourth-order valence-electron chi connectivity index (χ4n) is 10.2. The monoisotopic (exact) mass is 621 g/mol. The van der Waals surface area contributed by atoms with E-state index in [-0.39, 0.29) is 22.9 Å². The molecule has 3 saturated carbocycles. The molecule has 3 aromatic rings. The molecule has 0 spiro atoms. The van der Waals surface area contributed by atoms with Gasteiger partial charge in [0.05, 0.1) is 32.9 Å². The van der Waals surface area contributed by atoms with E-state index in [2.05, 4.69) is 37.1 Å². The lowest BCUT2D eigenvalue weighted by atomic mass is 9.46. The lowest BCUT2D eigenvalue weighted by molar-refractivity contribution is -0.0975. The number of ether oxygens (including phenoxy) is 4. The van der Waals surface area contributed by atoms with Gasteiger partial charge in [0.25, 0.3) is 0 Å². The molecule has 0 saturated heterocycles. The fraction of sp³-hybridized carbons (Fsp3) is 0.513. The van der Waals surface area contributed by atoms with Crippen molar-refractivity contribution in [1.29, 1.82) is 0 Å². The summed E-state index contributed by atoms with van der Waals surface area (Å²) in [6.45, 7) is 5.33. The molecule has 240 valence electrons. The maximum atomic E-state index is 11.1. The number of benzene rings is 2. The molecule has 46 heavy (non-hydrogen) atoms. The van der Waals surface area contributed by atoms with Gasteiger partial charge in [0.1, 0.15) is 34.7 Å². The molecule has 2 aliphatic heterocycles. The first-order chi connectivity index (χ1) is 22.2. The van der Waals surface area contributed by atoms with E-state index in [0.717, 1.165) is 72.8 Å². The normalized spacial score (nSPS) is 35.7. The number of terminal acetylenes is 1. The fourth-order valence-corrected chi connectivity index (χ4v) is 10.2. The van der Waals surface area contributed by atoms with Crippen molar-refractivity contribution in [2.24, 2.45) is 28.6 Å². The maximum absolute atomic E-state index is 11.1. The van der Waals surface area contributed by atoms with Gasteiger partial charge in [-0.2, -0.15) is 0 Å². The standard InChI is InChI=1S/C22H27NO2.C17H16O4/c1-4-22(24)10-8-18-16-6-5-15-11-19-14(13-23-25-19)12-20(15,2)17(16)7-9-21(18,22)3;1-18-10-4-6-13-15(7-10)20-9-14-12-5-3-11(19-2)8-16(12)21-17(13)14/h1,11,13,16-18,24H,5-10,12H2,2-3H3;3-8,14,17H,9H2,1-2H3. The Labute approximate surface area is 271 Å². The van der Waals surface area contributed by atoms with E-state index >= 15 is 0 Å². The molecule has 7 nitrogen and oxygen atoms in total. The SMILES string of the molecule is C#CC1(O)CCC2C3CCC4=Cc5oncc5CC4(C)C3CCC21C.COc1ccc2c(c1)OC1c3ccc(OC)cc3OCC21. The minimum atomic E-state index is -0.909. The number of aromatic nitrogens is 1. The van der Waals surface area contributed by atoms with Crippen LogP contribution in [0.3, 0.4) is 0 Å². The van der Waals surface area contributed by atoms with Gasteiger partial charge in [-0.1, -0.05) is 36.6 Å². The van der Waals surface area contributed by atoms with Gasteiger partial charge in [0.15, 0.2) is 5.76 Å². The van der Waals surface area contributed by atoms with Crippen LogP contribution in [-0.2, 0) is 6.42 Å². The summed E-state index contributed by atoms with van der Waals surface area (Å²) in [6.07, 6.45) is 17.4. The third kappa shape index (κ3) is 4.18. The number of allylic oxidation sites excluding steroid dienone is 1. The third-order valence-electron chi connectivity index (χ3n) is 12.9. The van der Waals surface area contributed by atoms with Crippen LogP contribution >= 0.6 is 0 Å². The number of methoxy groups -OCH3 is 2. The van der Waals surface area contributed by atoms with Crippen LogP contribution in [0.15, 0.2) is 52.7 Å². The first-order valence-electron chi connectivity index (χ1n) is 16.7. The van der Waals surface area contributed by atoms with Crippen LogP contribution in [0.2, 0.25) is 0 Å². The van der Waals surface area contributed by atoms with Crippen molar-refractivity contribution in [3.63, 3.8) is 0 Å². The van der Waals surface area contributed by atoms with E-state index in [1.165, 1.54) is 17.5 Å². The molecule has 2 aromatic carbocycles. The number of hydrogen-bond acceptors (Lipinski definition) is 7. The van der Waals surface area contributed by atoms with Crippen molar-refractivity contribution in [3.05, 3.63) is 70.6 Å². The molecule has 3 heterocycles. The molecule has 7 heteroatoms. The highest BCUT2D eigenvalue weighted by atomic mass is 16.5. The van der Waals surface area contributed by atoms with Gasteiger partial charge in [-0.05, 0) is 92.4 Å². The summed E-state index contributed by atoms with van der Waals surface area (Å²) in [6, 6.07) is 11.9. The van der Waals surface area contributed by atoms with E-state index in [1.807, 2.05) is 36.5 Å². The van der Waals surface area contributed by atoms with Gasteiger partial charge in [-0.25, -0.2) is 0 Å². The number of rotatable bonds is 2. The Morgan fingerprint density at radius 2 is 1.70 bits per heavy atom. The Balaban J connectivity index is 0.000000138. The largest absolute Gasteiger partial charge is 0.497 e. The van der Waals surface area contributed by atoms with Crippen LogP contribution in [0.5, 0.6) is 23.0 Å². The van der Waals surface area contributed by atoms with Crippen LogP contribution in [0.4, 0.5) is 0 Å². The second kappa shape index (κ2) is 10.6. The Kier molecular flexibility index (Phi) is 6.78. The lowest BCUT2D eigenvalue weighted by Gasteiger charge is -2.58. The summed E-state index contributed by atoms with van der Waals surface area (Å²) in [5, 5.41) is 15.1. The van der Waals surface area contributed by atoms with Gasteiger partial charge < -0.3 is 28.6 Å². The highest BCUT2D eigenvalue weighted by molar-refractivity contribution is 5.57. The van der Waals surface area contributed by atoms with Gasteiger partial charge in [-0.15, -0.1) is 6.42 Å². The zero-order valence-electron chi connectivity index (χ0n) is 27.2. The van der Waals surface area contributed by atoms with Crippen LogP contribution < -0.4 is 18.9 Å². The van der Waals surface area contributed by atoms with Crippen molar-refractivity contribution >= 4 is 6.08 Å². The summed E-state index contributed by atoms with van der Waals surface area (Å²) < 4.78 is 28.0. The molecule has 0 bridgehead atoms. The summed E-state index contributed by atoms with van der Waals surface area (Å²) in [5.74, 6) is 9.20. The quantitative estimate of drug-likeness (QED) is 0.296. The van der Waals surface area contributed by atoms with Gasteiger partial charge in [-0.3, -0.25) is 0 Å². The Hall–Kier alpha value is -3.89. The van der Waals surface area contributed by atoms with Crippen LogP contribution in [0.25, 0.3) is 6.08 Å². The van der Waals surface area contributed by atoms with Crippen LogP contribution in [-0.4, -0.2) is 36.7 Å². The van der Waals surface area contributed by atoms with Gasteiger partial charge in [0, 0.05) is 34.2 Å². The van der Waals surface area contributed by atoms with Crippen molar-refractivity contribution in [2.45, 2.75) is 76.4 Å². The van der Waals surface area contributed by atoms with E-state index in [0.29, 0.717) is 24.4 Å². The van der Waals surface area contributed by atoms with Gasteiger partial charge in [0.2, 0.25) is 0 Å². The molecule has 1 aromatic heterocycles.